The van der Waals surface area contributed by atoms with Gasteiger partial charge in [-0.25, -0.2) is 0 Å². The zero-order valence-corrected chi connectivity index (χ0v) is 8.09. The maximum Gasteiger partial charge on any atom is 0.239 e. The molecule has 0 saturated heterocycles. The molecular formula is C8H17N3O2. The molecule has 0 radical (unpaired) electrons. The van der Waals surface area contributed by atoms with Gasteiger partial charge in [0.25, 0.3) is 0 Å². The summed E-state index contributed by atoms with van der Waals surface area (Å²) >= 11 is 0. The molecule has 0 heterocycles. The Bertz CT molecular complexity index is 182. The summed E-state index contributed by atoms with van der Waals surface area (Å²) in [4.78, 5) is 22.0. The second-order valence-electron chi connectivity index (χ2n) is 2.69. The van der Waals surface area contributed by atoms with E-state index < -0.39 is 6.04 Å². The van der Waals surface area contributed by atoms with Crippen molar-refractivity contribution in [3.63, 3.8) is 0 Å². The summed E-state index contributed by atoms with van der Waals surface area (Å²) in [5.41, 5.74) is 5.43. The molecule has 0 aliphatic carbocycles. The van der Waals surface area contributed by atoms with Crippen LogP contribution in [0.3, 0.4) is 0 Å². The summed E-state index contributed by atoms with van der Waals surface area (Å²) in [6.07, 6.45) is 0.571. The molecule has 0 saturated carbocycles. The molecule has 0 fully saturated rings. The number of hydrogen-bond donors (Lipinski definition) is 3. The number of amides is 2. The number of carbonyl (C=O) groups is 2. The Morgan fingerprint density at radius 2 is 1.92 bits per heavy atom. The smallest absolute Gasteiger partial charge is 0.239 e. The van der Waals surface area contributed by atoms with Gasteiger partial charge in [-0.1, -0.05) is 6.92 Å². The quantitative estimate of drug-likeness (QED) is 0.515. The van der Waals surface area contributed by atoms with E-state index in [1.54, 1.807) is 0 Å². The fourth-order valence-corrected chi connectivity index (χ4v) is 0.744. The molecule has 1 atom stereocenters. The first-order chi connectivity index (χ1) is 6.11. The van der Waals surface area contributed by atoms with Crippen molar-refractivity contribution in [2.45, 2.75) is 26.3 Å². The molecule has 0 aliphatic heterocycles. The van der Waals surface area contributed by atoms with Crippen LogP contribution < -0.4 is 16.4 Å². The molecule has 5 heteroatoms. The Kier molecular flexibility index (Phi) is 5.88. The van der Waals surface area contributed by atoms with E-state index in [4.69, 9.17) is 5.73 Å². The van der Waals surface area contributed by atoms with Crippen molar-refractivity contribution >= 4 is 11.8 Å². The summed E-state index contributed by atoms with van der Waals surface area (Å²) in [5.74, 6) is -0.479. The van der Waals surface area contributed by atoms with Crippen molar-refractivity contribution in [1.29, 1.82) is 0 Å². The van der Waals surface area contributed by atoms with E-state index in [9.17, 15) is 9.59 Å². The van der Waals surface area contributed by atoms with Crippen LogP contribution in [0.15, 0.2) is 0 Å². The van der Waals surface area contributed by atoms with Gasteiger partial charge in [0.05, 0.1) is 12.6 Å². The summed E-state index contributed by atoms with van der Waals surface area (Å²) in [5, 5.41) is 5.01. The van der Waals surface area contributed by atoms with Gasteiger partial charge < -0.3 is 16.4 Å². The lowest BCUT2D eigenvalue weighted by molar-refractivity contribution is -0.126. The lowest BCUT2D eigenvalue weighted by Gasteiger charge is -2.09. The average molecular weight is 187 g/mol. The highest BCUT2D eigenvalue weighted by atomic mass is 16.2. The first-order valence-corrected chi connectivity index (χ1v) is 4.41. The van der Waals surface area contributed by atoms with Crippen LogP contribution in [-0.4, -0.2) is 30.9 Å². The first kappa shape index (κ1) is 11.9. The number of likely N-dealkylation sites (N-methyl/N-ethyl adjacent to an activating group) is 1. The third-order valence-electron chi connectivity index (χ3n) is 1.57. The molecule has 76 valence electrons. The van der Waals surface area contributed by atoms with Crippen LogP contribution in [0.1, 0.15) is 20.3 Å². The van der Waals surface area contributed by atoms with Gasteiger partial charge in [0.15, 0.2) is 0 Å². The maximum atomic E-state index is 11.1. The molecule has 0 aromatic heterocycles. The van der Waals surface area contributed by atoms with E-state index in [0.29, 0.717) is 13.0 Å². The van der Waals surface area contributed by atoms with Crippen molar-refractivity contribution in [2.75, 3.05) is 13.1 Å². The molecule has 0 aliphatic rings. The van der Waals surface area contributed by atoms with Crippen molar-refractivity contribution in [3.05, 3.63) is 0 Å². The van der Waals surface area contributed by atoms with E-state index in [2.05, 4.69) is 10.6 Å². The first-order valence-electron chi connectivity index (χ1n) is 4.41. The van der Waals surface area contributed by atoms with Gasteiger partial charge in [-0.3, -0.25) is 9.59 Å². The predicted octanol–water partition coefficient (Wildman–Crippen LogP) is -1.02. The predicted molar refractivity (Wildman–Crippen MR) is 50.0 cm³/mol. The Morgan fingerprint density at radius 1 is 1.31 bits per heavy atom. The standard InChI is InChI=1S/C8H17N3O2/c1-3-6(9)8(13)11-5-7(12)10-4-2/h6H,3-5,9H2,1-2H3,(H,10,12)(H,11,13). The fourth-order valence-electron chi connectivity index (χ4n) is 0.744. The second-order valence-corrected chi connectivity index (χ2v) is 2.69. The molecule has 0 aromatic carbocycles. The van der Waals surface area contributed by atoms with Gasteiger partial charge in [0.2, 0.25) is 11.8 Å². The molecule has 0 bridgehead atoms. The SMILES string of the molecule is CCNC(=O)CNC(=O)C(N)CC. The highest BCUT2D eigenvalue weighted by molar-refractivity contribution is 5.87. The molecule has 0 rings (SSSR count). The van der Waals surface area contributed by atoms with Crippen LogP contribution >= 0.6 is 0 Å². The normalized spacial score (nSPS) is 11.9. The van der Waals surface area contributed by atoms with Crippen LogP contribution in [0, 0.1) is 0 Å². The third-order valence-corrected chi connectivity index (χ3v) is 1.57. The lowest BCUT2D eigenvalue weighted by atomic mass is 10.2. The Balaban J connectivity index is 3.63. The van der Waals surface area contributed by atoms with Gasteiger partial charge in [-0.05, 0) is 13.3 Å². The third kappa shape index (κ3) is 5.19. The number of carbonyl (C=O) groups excluding carboxylic acids is 2. The summed E-state index contributed by atoms with van der Waals surface area (Å²) in [7, 11) is 0. The van der Waals surface area contributed by atoms with Gasteiger partial charge in [-0.15, -0.1) is 0 Å². The average Bonchev–Trinajstić information content (AvgIpc) is 2.13. The van der Waals surface area contributed by atoms with E-state index in [0.717, 1.165) is 0 Å². The van der Waals surface area contributed by atoms with Crippen molar-refractivity contribution in [3.8, 4) is 0 Å². The zero-order valence-electron chi connectivity index (χ0n) is 8.09. The van der Waals surface area contributed by atoms with Gasteiger partial charge >= 0.3 is 0 Å². The molecule has 0 spiro atoms. The minimum absolute atomic E-state index is 0.000370. The van der Waals surface area contributed by atoms with Crippen molar-refractivity contribution in [2.24, 2.45) is 5.73 Å². The highest BCUT2D eigenvalue weighted by Gasteiger charge is 2.11. The number of nitrogens with two attached hydrogens (primary N) is 1. The lowest BCUT2D eigenvalue weighted by Crippen LogP contribution is -2.44. The summed E-state index contributed by atoms with van der Waals surface area (Å²) in [6, 6.07) is -0.519. The molecule has 4 N–H and O–H groups in total. The van der Waals surface area contributed by atoms with Gasteiger partial charge in [0.1, 0.15) is 0 Å². The molecule has 5 nitrogen and oxygen atoms in total. The topological polar surface area (TPSA) is 84.2 Å². The number of rotatable bonds is 5. The monoisotopic (exact) mass is 187 g/mol. The maximum absolute atomic E-state index is 11.1. The van der Waals surface area contributed by atoms with E-state index in [1.165, 1.54) is 0 Å². The molecule has 1 unspecified atom stereocenters. The van der Waals surface area contributed by atoms with E-state index >= 15 is 0 Å². The highest BCUT2D eigenvalue weighted by Crippen LogP contribution is 1.84. The minimum atomic E-state index is -0.519. The van der Waals surface area contributed by atoms with Crippen molar-refractivity contribution in [1.82, 2.24) is 10.6 Å². The van der Waals surface area contributed by atoms with Crippen LogP contribution in [0.4, 0.5) is 0 Å². The second kappa shape index (κ2) is 6.42. The Morgan fingerprint density at radius 3 is 2.38 bits per heavy atom. The summed E-state index contributed by atoms with van der Waals surface area (Å²) in [6.45, 7) is 4.20. The minimum Gasteiger partial charge on any atom is -0.355 e. The number of hydrogen-bond acceptors (Lipinski definition) is 3. The van der Waals surface area contributed by atoms with Crippen LogP contribution in [-0.2, 0) is 9.59 Å². The Hall–Kier alpha value is -1.10. The van der Waals surface area contributed by atoms with E-state index in [-0.39, 0.29) is 18.4 Å². The molecule has 2 amide bonds. The number of nitrogens with one attached hydrogen (secondary N) is 2. The van der Waals surface area contributed by atoms with Gasteiger partial charge in [-0.2, -0.15) is 0 Å². The van der Waals surface area contributed by atoms with Crippen LogP contribution in [0.25, 0.3) is 0 Å². The van der Waals surface area contributed by atoms with E-state index in [1.807, 2.05) is 13.8 Å². The molecular weight excluding hydrogens is 170 g/mol. The largest absolute Gasteiger partial charge is 0.355 e. The fraction of sp³-hybridized carbons (Fsp3) is 0.750. The van der Waals surface area contributed by atoms with Crippen LogP contribution in [0.2, 0.25) is 0 Å². The van der Waals surface area contributed by atoms with Crippen molar-refractivity contribution < 1.29 is 9.59 Å². The Labute approximate surface area is 78.1 Å². The van der Waals surface area contributed by atoms with Crippen LogP contribution in [0.5, 0.6) is 0 Å². The zero-order chi connectivity index (χ0) is 10.3. The molecule has 0 aromatic rings. The van der Waals surface area contributed by atoms with Gasteiger partial charge in [0, 0.05) is 6.54 Å². The molecule has 13 heavy (non-hydrogen) atoms. The summed E-state index contributed by atoms with van der Waals surface area (Å²) < 4.78 is 0.